The van der Waals surface area contributed by atoms with Crippen LogP contribution < -0.4 is 15.4 Å². The van der Waals surface area contributed by atoms with Crippen molar-refractivity contribution >= 4 is 36.1 Å². The van der Waals surface area contributed by atoms with Gasteiger partial charge in [0.25, 0.3) is 5.91 Å². The minimum atomic E-state index is -2.10. The molecular weight excluding hydrogens is 611 g/mol. The summed E-state index contributed by atoms with van der Waals surface area (Å²) in [5.74, 6) is -0.505. The molecule has 5 atom stereocenters. The normalized spacial score (nSPS) is 28.4. The van der Waals surface area contributed by atoms with E-state index >= 15 is 0 Å². The van der Waals surface area contributed by atoms with Crippen LogP contribution in [0.1, 0.15) is 52.7 Å². The molecule has 2 unspecified atom stereocenters. The molecule has 5 N–H and O–H groups in total. The van der Waals surface area contributed by atoms with Gasteiger partial charge < -0.3 is 35.4 Å². The lowest BCUT2D eigenvalue weighted by molar-refractivity contribution is -0.504. The van der Waals surface area contributed by atoms with Crippen LogP contribution in [0.2, 0.25) is 13.1 Å². The molecule has 47 heavy (non-hydrogen) atoms. The Morgan fingerprint density at radius 2 is 1.70 bits per heavy atom. The maximum Gasteiger partial charge on any atom is 0.251 e. The zero-order valence-corrected chi connectivity index (χ0v) is 28.4. The van der Waals surface area contributed by atoms with Crippen LogP contribution in [-0.2, 0) is 4.74 Å². The number of aryl methyl sites for hydroxylation is 1. The standard InChI is InChI=1S/C37H45N3O6Si/c1-22-18-23(36(44)38-33-35(43)34(42)29(21-41)46-37(33)45)8-11-26(22)32-27-12-9-24(39-14-4-5-15-39)19-30(27)47(2,3)31-20-25(10-13-28(31)32)40-16-6-7-17-40/h8-13,18-20,29,33-35,37,41-43,45H,4-7,14-17,21H2,1-3H3/p+1/t29?,33?,34-,35-,37-/m1/s1. The first-order chi connectivity index (χ1) is 22.6. The van der Waals surface area contributed by atoms with Crippen molar-refractivity contribution in [2.24, 2.45) is 0 Å². The van der Waals surface area contributed by atoms with Gasteiger partial charge >= 0.3 is 0 Å². The van der Waals surface area contributed by atoms with Gasteiger partial charge in [0, 0.05) is 49.3 Å². The number of carbonyl (C=O) groups is 1. The molecular formula is C37H46N3O6Si+. The molecule has 0 aromatic heterocycles. The van der Waals surface area contributed by atoms with Gasteiger partial charge in [-0.1, -0.05) is 25.2 Å². The lowest BCUT2D eigenvalue weighted by atomic mass is 9.87. The average molecular weight is 657 g/mol. The monoisotopic (exact) mass is 656 g/mol. The molecule has 2 aromatic carbocycles. The van der Waals surface area contributed by atoms with Crippen molar-refractivity contribution in [2.75, 3.05) is 37.7 Å². The number of nitrogens with one attached hydrogen (secondary N) is 1. The van der Waals surface area contributed by atoms with Gasteiger partial charge in [-0.25, -0.2) is 4.58 Å². The van der Waals surface area contributed by atoms with Crippen LogP contribution in [0.5, 0.6) is 0 Å². The first kappa shape index (κ1) is 32.2. The predicted molar refractivity (Wildman–Crippen MR) is 185 cm³/mol. The molecule has 248 valence electrons. The minimum Gasteiger partial charge on any atom is -0.394 e. The molecule has 0 saturated carbocycles. The van der Waals surface area contributed by atoms with Crippen LogP contribution in [0.25, 0.3) is 5.57 Å². The number of amides is 1. The third-order valence-corrected chi connectivity index (χ3v) is 14.3. The number of rotatable bonds is 5. The van der Waals surface area contributed by atoms with E-state index in [1.54, 1.807) is 6.07 Å². The Kier molecular flexibility index (Phi) is 8.61. The Bertz CT molecular complexity index is 1710. The van der Waals surface area contributed by atoms with E-state index in [1.807, 2.05) is 19.1 Å². The number of nitrogens with zero attached hydrogens (tertiary/aromatic N) is 2. The summed E-state index contributed by atoms with van der Waals surface area (Å²) in [6, 6.07) is 11.4. The molecule has 1 aliphatic carbocycles. The third kappa shape index (κ3) is 5.64. The first-order valence-corrected chi connectivity index (χ1v) is 20.0. The maximum atomic E-state index is 13.4. The van der Waals surface area contributed by atoms with E-state index in [0.29, 0.717) is 5.56 Å². The Morgan fingerprint density at radius 3 is 2.40 bits per heavy atom. The van der Waals surface area contributed by atoms with E-state index in [4.69, 9.17) is 4.74 Å². The largest absolute Gasteiger partial charge is 0.394 e. The highest BCUT2D eigenvalue weighted by Gasteiger charge is 2.45. The zero-order chi connectivity index (χ0) is 33.0. The Labute approximate surface area is 277 Å². The molecule has 2 aromatic rings. The Morgan fingerprint density at radius 1 is 0.979 bits per heavy atom. The molecule has 3 fully saturated rings. The number of carbonyl (C=O) groups excluding carboxylic acids is 1. The van der Waals surface area contributed by atoms with E-state index in [9.17, 15) is 25.2 Å². The number of allylic oxidation sites excluding steroid dienone is 5. The van der Waals surface area contributed by atoms with Crippen LogP contribution in [0.15, 0.2) is 65.4 Å². The highest BCUT2D eigenvalue weighted by atomic mass is 28.3. The lowest BCUT2D eigenvalue weighted by Crippen LogP contribution is -2.64. The van der Waals surface area contributed by atoms with E-state index < -0.39 is 51.2 Å². The van der Waals surface area contributed by atoms with Crippen molar-refractivity contribution < 1.29 is 34.5 Å². The van der Waals surface area contributed by atoms with Gasteiger partial charge in [-0.05, 0) is 88.3 Å². The summed E-state index contributed by atoms with van der Waals surface area (Å²) < 4.78 is 7.74. The molecule has 0 bridgehead atoms. The first-order valence-electron chi connectivity index (χ1n) is 17.0. The van der Waals surface area contributed by atoms with Crippen LogP contribution in [0.4, 0.5) is 5.69 Å². The minimum absolute atomic E-state index is 0.366. The maximum absolute atomic E-state index is 13.4. The van der Waals surface area contributed by atoms with Gasteiger partial charge in [-0.2, -0.15) is 0 Å². The molecule has 4 aliphatic heterocycles. The van der Waals surface area contributed by atoms with Gasteiger partial charge in [-0.3, -0.25) is 4.79 Å². The van der Waals surface area contributed by atoms with E-state index in [2.05, 4.69) is 64.3 Å². The number of hydrogen-bond donors (Lipinski definition) is 5. The predicted octanol–water partition coefficient (Wildman–Crippen LogP) is 2.14. The van der Waals surface area contributed by atoms with Crippen LogP contribution in [-0.4, -0.2) is 108 Å². The van der Waals surface area contributed by atoms with Crippen LogP contribution in [0, 0.1) is 6.92 Å². The summed E-state index contributed by atoms with van der Waals surface area (Å²) in [6.07, 6.45) is 6.27. The van der Waals surface area contributed by atoms with E-state index in [-0.39, 0.29) is 0 Å². The second-order valence-electron chi connectivity index (χ2n) is 14.1. The molecule has 10 heteroatoms. The smallest absolute Gasteiger partial charge is 0.251 e. The molecule has 4 heterocycles. The summed E-state index contributed by atoms with van der Waals surface area (Å²) in [6.45, 7) is 10.8. The van der Waals surface area contributed by atoms with Crippen molar-refractivity contribution in [2.45, 2.75) is 76.3 Å². The number of benzene rings is 2. The zero-order valence-electron chi connectivity index (χ0n) is 27.4. The number of ether oxygens (including phenoxy) is 1. The van der Waals surface area contributed by atoms with Gasteiger partial charge in [0.2, 0.25) is 0 Å². The van der Waals surface area contributed by atoms with Gasteiger partial charge in [-0.15, -0.1) is 0 Å². The summed E-state index contributed by atoms with van der Waals surface area (Å²) in [4.78, 5) is 15.9. The molecule has 1 amide bonds. The SMILES string of the molecule is Cc1cc(C(=O)NC2[C@H](O)OC(CO)[C@@H](O)[C@@H]2O)ccc1C1=C2C=CC(=[N+]3CCCC3)C=C2[Si](C)(C)c2cc(N3CCCC3)ccc21. The van der Waals surface area contributed by atoms with E-state index in [0.717, 1.165) is 37.3 Å². The highest BCUT2D eigenvalue weighted by molar-refractivity contribution is 6.98. The lowest BCUT2D eigenvalue weighted by Gasteiger charge is -2.40. The molecule has 9 nitrogen and oxygen atoms in total. The quantitative estimate of drug-likeness (QED) is 0.247. The van der Waals surface area contributed by atoms with Gasteiger partial charge in [0.1, 0.15) is 45.5 Å². The second kappa shape index (κ2) is 12.6. The number of aliphatic hydroxyl groups excluding tert-OH is 4. The molecule has 0 spiro atoms. The van der Waals surface area contributed by atoms with Crippen molar-refractivity contribution in [3.05, 3.63) is 87.6 Å². The van der Waals surface area contributed by atoms with Gasteiger partial charge in [0.05, 0.1) is 6.61 Å². The topological polar surface area (TPSA) is 126 Å². The number of anilines is 1. The second-order valence-corrected chi connectivity index (χ2v) is 18.4. The third-order valence-electron chi connectivity index (χ3n) is 10.8. The summed E-state index contributed by atoms with van der Waals surface area (Å²) in [5, 5.41) is 46.1. The summed E-state index contributed by atoms with van der Waals surface area (Å²) >= 11 is 0. The van der Waals surface area contributed by atoms with Crippen molar-refractivity contribution in [3.63, 3.8) is 0 Å². The number of hydrogen-bond acceptors (Lipinski definition) is 7. The summed E-state index contributed by atoms with van der Waals surface area (Å²) in [5.41, 5.74) is 8.64. The fourth-order valence-electron chi connectivity index (χ4n) is 8.03. The van der Waals surface area contributed by atoms with Crippen molar-refractivity contribution in [1.29, 1.82) is 0 Å². The van der Waals surface area contributed by atoms with Crippen LogP contribution >= 0.6 is 0 Å². The summed E-state index contributed by atoms with van der Waals surface area (Å²) in [7, 11) is -2.10. The van der Waals surface area contributed by atoms with E-state index in [1.165, 1.54) is 64.2 Å². The Balaban J connectivity index is 1.28. The van der Waals surface area contributed by atoms with Gasteiger partial charge in [0.15, 0.2) is 12.0 Å². The molecule has 5 aliphatic rings. The molecule has 0 radical (unpaired) electrons. The van der Waals surface area contributed by atoms with Crippen molar-refractivity contribution in [1.82, 2.24) is 5.32 Å². The van der Waals surface area contributed by atoms with Crippen molar-refractivity contribution in [3.8, 4) is 0 Å². The number of aliphatic hydroxyl groups is 4. The Hall–Kier alpha value is -3.38. The fourth-order valence-corrected chi connectivity index (χ4v) is 11.1. The fraction of sp³-hybridized carbons (Fsp3) is 0.459. The highest BCUT2D eigenvalue weighted by Crippen LogP contribution is 2.43. The molecule has 7 rings (SSSR count). The molecule has 3 saturated heterocycles. The number of fused-ring (bicyclic) bond motifs is 2. The van der Waals surface area contributed by atoms with Crippen LogP contribution in [0.3, 0.4) is 0 Å². The average Bonchev–Trinajstić information content (AvgIpc) is 3.81.